The molecule has 0 saturated heterocycles. The van der Waals surface area contributed by atoms with Crippen molar-refractivity contribution in [2.75, 3.05) is 11.9 Å². The van der Waals surface area contributed by atoms with E-state index in [2.05, 4.69) is 5.32 Å². The van der Waals surface area contributed by atoms with Crippen LogP contribution in [-0.2, 0) is 14.3 Å². The van der Waals surface area contributed by atoms with E-state index in [1.165, 1.54) is 18.2 Å². The summed E-state index contributed by atoms with van der Waals surface area (Å²) in [5, 5.41) is 2.47. The first-order chi connectivity index (χ1) is 11.0. The topological polar surface area (TPSA) is 55.4 Å². The van der Waals surface area contributed by atoms with Gasteiger partial charge in [-0.25, -0.2) is 4.39 Å². The van der Waals surface area contributed by atoms with Gasteiger partial charge < -0.3 is 10.1 Å². The van der Waals surface area contributed by atoms with E-state index in [9.17, 15) is 14.0 Å². The van der Waals surface area contributed by atoms with Gasteiger partial charge in [-0.1, -0.05) is 43.3 Å². The van der Waals surface area contributed by atoms with Crippen LogP contribution in [0.4, 0.5) is 10.1 Å². The lowest BCUT2D eigenvalue weighted by Gasteiger charge is -2.11. The first-order valence-corrected chi connectivity index (χ1v) is 7.30. The number of hydrogen-bond donors (Lipinski definition) is 1. The number of esters is 1. The molecule has 0 aliphatic heterocycles. The molecule has 23 heavy (non-hydrogen) atoms. The van der Waals surface area contributed by atoms with E-state index in [1.54, 1.807) is 6.07 Å². The molecule has 2 aromatic rings. The number of amides is 1. The molecule has 1 atom stereocenters. The van der Waals surface area contributed by atoms with Crippen molar-refractivity contribution in [3.8, 4) is 0 Å². The third-order valence-corrected chi connectivity index (χ3v) is 3.31. The standard InChI is InChI=1S/C18H18FNO3/c1-13(14-6-3-2-4-7-14)10-18(22)23-12-17(21)20-16-9-5-8-15(19)11-16/h2-9,11,13H,10,12H2,1H3,(H,20,21)/t13-/m0/s1. The number of carbonyl (C=O) groups is 2. The van der Waals surface area contributed by atoms with Crippen LogP contribution in [-0.4, -0.2) is 18.5 Å². The molecule has 1 amide bonds. The Balaban J connectivity index is 1.76. The second-order valence-electron chi connectivity index (χ2n) is 5.24. The number of rotatable bonds is 6. The monoisotopic (exact) mass is 315 g/mol. The Hall–Kier alpha value is -2.69. The quantitative estimate of drug-likeness (QED) is 0.830. The van der Waals surface area contributed by atoms with Crippen LogP contribution in [0, 0.1) is 5.82 Å². The fourth-order valence-electron chi connectivity index (χ4n) is 2.12. The molecule has 2 aromatic carbocycles. The molecule has 0 spiro atoms. The summed E-state index contributed by atoms with van der Waals surface area (Å²) in [6.45, 7) is 1.53. The molecule has 5 heteroatoms. The molecule has 0 aromatic heterocycles. The zero-order valence-electron chi connectivity index (χ0n) is 12.8. The number of ether oxygens (including phenoxy) is 1. The summed E-state index contributed by atoms with van der Waals surface area (Å²) in [7, 11) is 0. The zero-order chi connectivity index (χ0) is 16.7. The van der Waals surface area contributed by atoms with Gasteiger partial charge in [-0.3, -0.25) is 9.59 Å². The number of hydrogen-bond acceptors (Lipinski definition) is 3. The first kappa shape index (κ1) is 16.7. The highest BCUT2D eigenvalue weighted by atomic mass is 19.1. The molecule has 2 rings (SSSR count). The SMILES string of the molecule is C[C@@H](CC(=O)OCC(=O)Nc1cccc(F)c1)c1ccccc1. The maximum absolute atomic E-state index is 13.0. The average Bonchev–Trinajstić information content (AvgIpc) is 2.54. The Morgan fingerprint density at radius 2 is 1.87 bits per heavy atom. The maximum Gasteiger partial charge on any atom is 0.306 e. The van der Waals surface area contributed by atoms with Crippen molar-refractivity contribution in [3.05, 3.63) is 66.0 Å². The predicted molar refractivity (Wildman–Crippen MR) is 85.5 cm³/mol. The van der Waals surface area contributed by atoms with Gasteiger partial charge in [-0.15, -0.1) is 0 Å². The molecule has 0 bridgehead atoms. The number of carbonyl (C=O) groups excluding carboxylic acids is 2. The second-order valence-corrected chi connectivity index (χ2v) is 5.24. The number of nitrogens with one attached hydrogen (secondary N) is 1. The summed E-state index contributed by atoms with van der Waals surface area (Å²) in [6, 6.07) is 15.1. The summed E-state index contributed by atoms with van der Waals surface area (Å²) in [5.74, 6) is -1.39. The lowest BCUT2D eigenvalue weighted by Crippen LogP contribution is -2.21. The Morgan fingerprint density at radius 3 is 2.57 bits per heavy atom. The highest BCUT2D eigenvalue weighted by Crippen LogP contribution is 2.18. The minimum absolute atomic E-state index is 0.00924. The fraction of sp³-hybridized carbons (Fsp3) is 0.222. The number of halogens is 1. The Labute approximate surface area is 134 Å². The van der Waals surface area contributed by atoms with Gasteiger partial charge in [0.05, 0.1) is 6.42 Å². The molecule has 4 nitrogen and oxygen atoms in total. The van der Waals surface area contributed by atoms with Gasteiger partial charge in [-0.2, -0.15) is 0 Å². The molecule has 0 unspecified atom stereocenters. The van der Waals surface area contributed by atoms with Gasteiger partial charge in [0.1, 0.15) is 5.82 Å². The van der Waals surface area contributed by atoms with Crippen LogP contribution < -0.4 is 5.32 Å². The van der Waals surface area contributed by atoms with E-state index >= 15 is 0 Å². The summed E-state index contributed by atoms with van der Waals surface area (Å²) < 4.78 is 18.0. The van der Waals surface area contributed by atoms with Crippen molar-refractivity contribution in [1.29, 1.82) is 0 Å². The van der Waals surface area contributed by atoms with Gasteiger partial charge in [0.2, 0.25) is 0 Å². The molecule has 0 aliphatic carbocycles. The average molecular weight is 315 g/mol. The third-order valence-electron chi connectivity index (χ3n) is 3.31. The summed E-state index contributed by atoms with van der Waals surface area (Å²) >= 11 is 0. The Bertz CT molecular complexity index is 673. The van der Waals surface area contributed by atoms with E-state index < -0.39 is 24.3 Å². The number of benzene rings is 2. The Kier molecular flexibility index (Phi) is 5.86. The summed E-state index contributed by atoms with van der Waals surface area (Å²) in [6.07, 6.45) is 0.192. The molecule has 0 saturated carbocycles. The Morgan fingerprint density at radius 1 is 1.13 bits per heavy atom. The van der Waals surface area contributed by atoms with Gasteiger partial charge in [0, 0.05) is 5.69 Å². The number of anilines is 1. The normalized spacial score (nSPS) is 11.6. The van der Waals surface area contributed by atoms with E-state index in [4.69, 9.17) is 4.74 Å². The van der Waals surface area contributed by atoms with Crippen LogP contribution >= 0.6 is 0 Å². The molecule has 0 radical (unpaired) electrons. The lowest BCUT2D eigenvalue weighted by molar-refractivity contribution is -0.147. The van der Waals surface area contributed by atoms with Crippen LogP contribution in [0.15, 0.2) is 54.6 Å². The minimum Gasteiger partial charge on any atom is -0.456 e. The molecule has 120 valence electrons. The van der Waals surface area contributed by atoms with E-state index in [0.717, 1.165) is 5.56 Å². The van der Waals surface area contributed by atoms with E-state index in [0.29, 0.717) is 5.69 Å². The van der Waals surface area contributed by atoms with Gasteiger partial charge in [0.25, 0.3) is 5.91 Å². The van der Waals surface area contributed by atoms with Gasteiger partial charge >= 0.3 is 5.97 Å². The summed E-state index contributed by atoms with van der Waals surface area (Å²) in [4.78, 5) is 23.4. The van der Waals surface area contributed by atoms with Crippen LogP contribution in [0.1, 0.15) is 24.8 Å². The smallest absolute Gasteiger partial charge is 0.306 e. The van der Waals surface area contributed by atoms with Crippen molar-refractivity contribution < 1.29 is 18.7 Å². The van der Waals surface area contributed by atoms with Crippen molar-refractivity contribution >= 4 is 17.6 Å². The molecular formula is C18H18FNO3. The highest BCUT2D eigenvalue weighted by molar-refractivity contribution is 5.92. The van der Waals surface area contributed by atoms with Crippen molar-refractivity contribution in [2.45, 2.75) is 19.3 Å². The first-order valence-electron chi connectivity index (χ1n) is 7.30. The van der Waals surface area contributed by atoms with Crippen LogP contribution in [0.25, 0.3) is 0 Å². The lowest BCUT2D eigenvalue weighted by atomic mass is 9.98. The minimum atomic E-state index is -0.503. The second kappa shape index (κ2) is 8.08. The predicted octanol–water partition coefficient (Wildman–Crippen LogP) is 3.50. The molecule has 0 heterocycles. The third kappa shape index (κ3) is 5.54. The van der Waals surface area contributed by atoms with Crippen LogP contribution in [0.5, 0.6) is 0 Å². The van der Waals surface area contributed by atoms with Crippen LogP contribution in [0.3, 0.4) is 0 Å². The maximum atomic E-state index is 13.0. The largest absolute Gasteiger partial charge is 0.456 e. The van der Waals surface area contributed by atoms with Crippen molar-refractivity contribution in [3.63, 3.8) is 0 Å². The van der Waals surface area contributed by atoms with Crippen molar-refractivity contribution in [2.24, 2.45) is 0 Å². The molecule has 0 aliphatic rings. The van der Waals surface area contributed by atoms with Crippen molar-refractivity contribution in [1.82, 2.24) is 0 Å². The van der Waals surface area contributed by atoms with Crippen LogP contribution in [0.2, 0.25) is 0 Å². The fourth-order valence-corrected chi connectivity index (χ4v) is 2.12. The van der Waals surface area contributed by atoms with E-state index in [-0.39, 0.29) is 12.3 Å². The molecule has 0 fully saturated rings. The summed E-state index contributed by atoms with van der Waals surface area (Å²) in [5.41, 5.74) is 1.36. The molecule has 1 N–H and O–H groups in total. The van der Waals surface area contributed by atoms with Gasteiger partial charge in [0.15, 0.2) is 6.61 Å². The van der Waals surface area contributed by atoms with Gasteiger partial charge in [-0.05, 0) is 29.7 Å². The zero-order valence-corrected chi connectivity index (χ0v) is 12.8. The highest BCUT2D eigenvalue weighted by Gasteiger charge is 2.13. The molecular weight excluding hydrogens is 297 g/mol. The van der Waals surface area contributed by atoms with E-state index in [1.807, 2.05) is 37.3 Å².